The average Bonchev–Trinajstić information content (AvgIpc) is 2.86. The van der Waals surface area contributed by atoms with Crippen LogP contribution in [0.4, 0.5) is 0 Å². The van der Waals surface area contributed by atoms with Gasteiger partial charge in [-0.1, -0.05) is 6.92 Å². The van der Waals surface area contributed by atoms with E-state index in [-0.39, 0.29) is 5.92 Å². The molecule has 0 aliphatic heterocycles. The van der Waals surface area contributed by atoms with Gasteiger partial charge in [0.05, 0.1) is 11.9 Å². The SMILES string of the molecule is CC(CN)c1ncc(-c2nccs2)[nH]1. The van der Waals surface area contributed by atoms with E-state index in [4.69, 9.17) is 5.73 Å². The zero-order chi connectivity index (χ0) is 9.97. The normalized spacial score (nSPS) is 13.0. The van der Waals surface area contributed by atoms with Gasteiger partial charge in [0.1, 0.15) is 10.8 Å². The first-order valence-corrected chi connectivity index (χ1v) is 5.34. The Balaban J connectivity index is 2.26. The van der Waals surface area contributed by atoms with Crippen LogP contribution in [0.2, 0.25) is 0 Å². The molecule has 14 heavy (non-hydrogen) atoms. The molecule has 0 saturated heterocycles. The first kappa shape index (κ1) is 9.36. The van der Waals surface area contributed by atoms with Crippen LogP contribution in [0.5, 0.6) is 0 Å². The summed E-state index contributed by atoms with van der Waals surface area (Å²) in [6.45, 7) is 2.65. The van der Waals surface area contributed by atoms with Crippen molar-refractivity contribution in [3.05, 3.63) is 23.6 Å². The van der Waals surface area contributed by atoms with Crippen LogP contribution in [0.25, 0.3) is 10.7 Å². The van der Waals surface area contributed by atoms with Gasteiger partial charge in [-0.25, -0.2) is 9.97 Å². The van der Waals surface area contributed by atoms with Gasteiger partial charge < -0.3 is 10.7 Å². The lowest BCUT2D eigenvalue weighted by atomic mass is 10.2. The van der Waals surface area contributed by atoms with E-state index in [0.717, 1.165) is 16.5 Å². The third-order valence-electron chi connectivity index (χ3n) is 2.08. The Kier molecular flexibility index (Phi) is 2.60. The van der Waals surface area contributed by atoms with Gasteiger partial charge in [0.15, 0.2) is 0 Å². The van der Waals surface area contributed by atoms with Crippen LogP contribution in [0.3, 0.4) is 0 Å². The Bertz CT molecular complexity index is 393. The van der Waals surface area contributed by atoms with Crippen molar-refractivity contribution in [3.8, 4) is 10.7 Å². The van der Waals surface area contributed by atoms with E-state index in [1.165, 1.54) is 0 Å². The first-order valence-electron chi connectivity index (χ1n) is 4.46. The highest BCUT2D eigenvalue weighted by Gasteiger charge is 2.09. The smallest absolute Gasteiger partial charge is 0.141 e. The fourth-order valence-electron chi connectivity index (χ4n) is 1.16. The monoisotopic (exact) mass is 208 g/mol. The standard InChI is InChI=1S/C9H12N4S/c1-6(4-10)8-12-5-7(13-8)9-11-2-3-14-9/h2-3,5-6H,4,10H2,1H3,(H,12,13). The minimum absolute atomic E-state index is 0.267. The number of aromatic amines is 1. The molecule has 0 saturated carbocycles. The number of hydrogen-bond donors (Lipinski definition) is 2. The summed E-state index contributed by atoms with van der Waals surface area (Å²) in [7, 11) is 0. The van der Waals surface area contributed by atoms with Crippen molar-refractivity contribution in [2.24, 2.45) is 5.73 Å². The van der Waals surface area contributed by atoms with Gasteiger partial charge in [-0.15, -0.1) is 11.3 Å². The van der Waals surface area contributed by atoms with Crippen LogP contribution in [0.1, 0.15) is 18.7 Å². The number of aromatic nitrogens is 3. The quantitative estimate of drug-likeness (QED) is 0.805. The zero-order valence-electron chi connectivity index (χ0n) is 7.90. The summed E-state index contributed by atoms with van der Waals surface area (Å²) in [5.74, 6) is 1.20. The van der Waals surface area contributed by atoms with E-state index in [1.54, 1.807) is 23.7 Å². The fraction of sp³-hybridized carbons (Fsp3) is 0.333. The third-order valence-corrected chi connectivity index (χ3v) is 2.88. The van der Waals surface area contributed by atoms with Gasteiger partial charge >= 0.3 is 0 Å². The summed E-state index contributed by atoms with van der Waals surface area (Å²) in [4.78, 5) is 11.7. The molecule has 0 amide bonds. The molecule has 74 valence electrons. The molecule has 1 unspecified atom stereocenters. The van der Waals surface area contributed by atoms with Gasteiger partial charge in [-0.3, -0.25) is 0 Å². The molecule has 5 heteroatoms. The minimum Gasteiger partial charge on any atom is -0.340 e. The Morgan fingerprint density at radius 2 is 2.43 bits per heavy atom. The lowest BCUT2D eigenvalue weighted by Crippen LogP contribution is -2.10. The molecule has 0 aliphatic rings. The van der Waals surface area contributed by atoms with Crippen LogP contribution in [-0.2, 0) is 0 Å². The molecule has 0 spiro atoms. The van der Waals surface area contributed by atoms with Crippen LogP contribution in [-0.4, -0.2) is 21.5 Å². The van der Waals surface area contributed by atoms with E-state index >= 15 is 0 Å². The van der Waals surface area contributed by atoms with E-state index in [1.807, 2.05) is 12.3 Å². The predicted molar refractivity (Wildman–Crippen MR) is 57.2 cm³/mol. The minimum atomic E-state index is 0.267. The lowest BCUT2D eigenvalue weighted by molar-refractivity contribution is 0.725. The van der Waals surface area contributed by atoms with Crippen molar-refractivity contribution in [2.45, 2.75) is 12.8 Å². The van der Waals surface area contributed by atoms with Crippen molar-refractivity contribution in [2.75, 3.05) is 6.54 Å². The molecule has 2 aromatic heterocycles. The van der Waals surface area contributed by atoms with E-state index in [2.05, 4.69) is 15.0 Å². The van der Waals surface area contributed by atoms with Gasteiger partial charge in [0.25, 0.3) is 0 Å². The number of thiazole rings is 1. The fourth-order valence-corrected chi connectivity index (χ4v) is 1.77. The molecule has 0 radical (unpaired) electrons. The lowest BCUT2D eigenvalue weighted by Gasteiger charge is -2.02. The molecule has 3 N–H and O–H groups in total. The second-order valence-corrected chi connectivity index (χ2v) is 4.05. The van der Waals surface area contributed by atoms with Gasteiger partial charge in [0, 0.05) is 24.0 Å². The highest BCUT2D eigenvalue weighted by molar-refractivity contribution is 7.13. The molecule has 2 heterocycles. The van der Waals surface area contributed by atoms with E-state index in [9.17, 15) is 0 Å². The van der Waals surface area contributed by atoms with Gasteiger partial charge in [-0.2, -0.15) is 0 Å². The molecule has 0 aromatic carbocycles. The molecule has 1 atom stereocenters. The maximum Gasteiger partial charge on any atom is 0.141 e. The van der Waals surface area contributed by atoms with E-state index in [0.29, 0.717) is 6.54 Å². The van der Waals surface area contributed by atoms with Crippen molar-refractivity contribution < 1.29 is 0 Å². The highest BCUT2D eigenvalue weighted by atomic mass is 32.1. The Hall–Kier alpha value is -1.20. The highest BCUT2D eigenvalue weighted by Crippen LogP contribution is 2.21. The van der Waals surface area contributed by atoms with Crippen molar-refractivity contribution in [1.29, 1.82) is 0 Å². The van der Waals surface area contributed by atoms with Crippen LogP contribution in [0.15, 0.2) is 17.8 Å². The first-order chi connectivity index (χ1) is 6.81. The Labute approximate surface area is 86.2 Å². The molecule has 2 rings (SSSR count). The number of imidazole rings is 1. The summed E-state index contributed by atoms with van der Waals surface area (Å²) in [6, 6.07) is 0. The second-order valence-electron chi connectivity index (χ2n) is 3.16. The largest absolute Gasteiger partial charge is 0.340 e. The van der Waals surface area contributed by atoms with Crippen molar-refractivity contribution in [1.82, 2.24) is 15.0 Å². The topological polar surface area (TPSA) is 67.6 Å². The van der Waals surface area contributed by atoms with Crippen molar-refractivity contribution in [3.63, 3.8) is 0 Å². The van der Waals surface area contributed by atoms with Crippen molar-refractivity contribution >= 4 is 11.3 Å². The number of H-pyrrole nitrogens is 1. The second kappa shape index (κ2) is 3.89. The van der Waals surface area contributed by atoms with Crippen LogP contribution >= 0.6 is 11.3 Å². The summed E-state index contributed by atoms with van der Waals surface area (Å²) < 4.78 is 0. The number of hydrogen-bond acceptors (Lipinski definition) is 4. The molecule has 2 aromatic rings. The Morgan fingerprint density at radius 3 is 3.07 bits per heavy atom. The molecule has 0 aliphatic carbocycles. The van der Waals surface area contributed by atoms with Gasteiger partial charge in [0.2, 0.25) is 0 Å². The third kappa shape index (κ3) is 1.69. The predicted octanol–water partition coefficient (Wildman–Crippen LogP) is 1.60. The summed E-state index contributed by atoms with van der Waals surface area (Å²) in [5.41, 5.74) is 6.53. The number of nitrogens with one attached hydrogen (secondary N) is 1. The molecule has 0 fully saturated rings. The zero-order valence-corrected chi connectivity index (χ0v) is 8.71. The molecule has 0 bridgehead atoms. The van der Waals surface area contributed by atoms with Crippen LogP contribution < -0.4 is 5.73 Å². The molecular weight excluding hydrogens is 196 g/mol. The van der Waals surface area contributed by atoms with Gasteiger partial charge in [-0.05, 0) is 0 Å². The summed E-state index contributed by atoms with van der Waals surface area (Å²) in [5, 5.41) is 2.91. The molecule has 4 nitrogen and oxygen atoms in total. The maximum atomic E-state index is 5.56. The van der Waals surface area contributed by atoms with E-state index < -0.39 is 0 Å². The summed E-state index contributed by atoms with van der Waals surface area (Å²) in [6.07, 6.45) is 3.59. The average molecular weight is 208 g/mol. The van der Waals surface area contributed by atoms with Crippen LogP contribution in [0, 0.1) is 0 Å². The maximum absolute atomic E-state index is 5.56. The summed E-state index contributed by atoms with van der Waals surface area (Å²) >= 11 is 1.60. The number of rotatable bonds is 3. The number of nitrogens with zero attached hydrogens (tertiary/aromatic N) is 2. The number of nitrogens with two attached hydrogens (primary N) is 1. The molecular formula is C9H12N4S. The Morgan fingerprint density at radius 1 is 1.57 bits per heavy atom.